The molecule has 0 amide bonds. The van der Waals surface area contributed by atoms with E-state index in [1.54, 1.807) is 11.8 Å². The zero-order chi connectivity index (χ0) is 20.5. The van der Waals surface area contributed by atoms with E-state index in [0.717, 1.165) is 22.8 Å². The van der Waals surface area contributed by atoms with Crippen LogP contribution in [0.1, 0.15) is 47.1 Å². The summed E-state index contributed by atoms with van der Waals surface area (Å²) in [6, 6.07) is 14.5. The lowest BCUT2D eigenvalue weighted by Crippen LogP contribution is -2.52. The molecule has 1 aliphatic carbocycles. The smallest absolute Gasteiger partial charge is 0.195 e. The Labute approximate surface area is 174 Å². The summed E-state index contributed by atoms with van der Waals surface area (Å²) in [5, 5.41) is 29.6. The molecule has 0 unspecified atom stereocenters. The van der Waals surface area contributed by atoms with Crippen molar-refractivity contribution < 1.29 is 24.9 Å². The molecule has 5 nitrogen and oxygen atoms in total. The molecular formula is C23H26O5S. The summed E-state index contributed by atoms with van der Waals surface area (Å²) < 4.78 is 5.67. The first-order valence-electron chi connectivity index (χ1n) is 9.93. The molecule has 154 valence electrons. The van der Waals surface area contributed by atoms with Crippen molar-refractivity contribution in [3.05, 3.63) is 64.7 Å². The number of aliphatic hydroxyl groups excluding tert-OH is 3. The van der Waals surface area contributed by atoms with Crippen LogP contribution in [0.4, 0.5) is 0 Å². The van der Waals surface area contributed by atoms with Crippen molar-refractivity contribution in [1.29, 1.82) is 0 Å². The number of benzene rings is 2. The topological polar surface area (TPSA) is 87.0 Å². The number of ether oxygens (including phenoxy) is 1. The fourth-order valence-electron chi connectivity index (χ4n) is 3.91. The Kier molecular flexibility index (Phi) is 6.08. The molecule has 2 fully saturated rings. The molecule has 3 N–H and O–H groups in total. The molecule has 0 bridgehead atoms. The normalized spacial score (nSPS) is 27.2. The van der Waals surface area contributed by atoms with Crippen LogP contribution in [0.3, 0.4) is 0 Å². The molecule has 1 heterocycles. The summed E-state index contributed by atoms with van der Waals surface area (Å²) in [6.07, 6.45) is 0.401. The Hall–Kier alpha value is -1.70. The zero-order valence-electron chi connectivity index (χ0n) is 16.3. The molecule has 6 heteroatoms. The number of thioether (sulfide) groups is 1. The van der Waals surface area contributed by atoms with E-state index in [2.05, 4.69) is 24.3 Å². The van der Waals surface area contributed by atoms with Crippen LogP contribution in [-0.4, -0.2) is 52.3 Å². The highest BCUT2D eigenvalue weighted by Gasteiger charge is 2.43. The van der Waals surface area contributed by atoms with Crippen LogP contribution >= 0.6 is 11.8 Å². The molecule has 2 aromatic rings. The van der Waals surface area contributed by atoms with Gasteiger partial charge in [0, 0.05) is 4.90 Å². The molecule has 4 rings (SSSR count). The second-order valence-corrected chi connectivity index (χ2v) is 8.68. The van der Waals surface area contributed by atoms with Gasteiger partial charge in [0.25, 0.3) is 0 Å². The van der Waals surface area contributed by atoms with Crippen molar-refractivity contribution in [1.82, 2.24) is 0 Å². The lowest BCUT2D eigenvalue weighted by atomic mass is 9.91. The summed E-state index contributed by atoms with van der Waals surface area (Å²) >= 11 is 1.64. The van der Waals surface area contributed by atoms with Gasteiger partial charge in [-0.05, 0) is 59.8 Å². The maximum Gasteiger partial charge on any atom is 0.195 e. The second-order valence-electron chi connectivity index (χ2n) is 7.83. The number of carbonyl (C=O) groups is 1. The average molecular weight is 415 g/mol. The fraction of sp³-hybridized carbons (Fsp3) is 0.435. The largest absolute Gasteiger partial charge is 0.394 e. The van der Waals surface area contributed by atoms with Crippen LogP contribution < -0.4 is 0 Å². The lowest BCUT2D eigenvalue weighted by Gasteiger charge is -2.35. The molecule has 4 atom stereocenters. The van der Waals surface area contributed by atoms with Crippen LogP contribution in [0.15, 0.2) is 47.4 Å². The first-order chi connectivity index (χ1) is 14.0. The van der Waals surface area contributed by atoms with Gasteiger partial charge in [0.05, 0.1) is 6.61 Å². The number of hydrogen-bond acceptors (Lipinski definition) is 6. The van der Waals surface area contributed by atoms with Gasteiger partial charge in [-0.1, -0.05) is 36.4 Å². The number of Topliss-reactive ketones (excluding diaryl/α,β-unsaturated/α-hetero) is 1. The molecule has 2 aliphatic rings. The third kappa shape index (κ3) is 4.27. The summed E-state index contributed by atoms with van der Waals surface area (Å²) in [7, 11) is 0. The fourth-order valence-corrected chi connectivity index (χ4v) is 4.50. The number of hydrogen-bond donors (Lipinski definition) is 3. The van der Waals surface area contributed by atoms with Crippen LogP contribution in [0.25, 0.3) is 0 Å². The summed E-state index contributed by atoms with van der Waals surface area (Å²) in [6.45, 7) is -0.487. The Morgan fingerprint density at radius 1 is 1.03 bits per heavy atom. The van der Waals surface area contributed by atoms with E-state index < -0.39 is 36.8 Å². The van der Waals surface area contributed by atoms with E-state index in [1.807, 2.05) is 24.5 Å². The Bertz CT molecular complexity index is 877. The number of ketones is 1. The van der Waals surface area contributed by atoms with Crippen LogP contribution in [0.2, 0.25) is 0 Å². The molecule has 2 aromatic carbocycles. The molecule has 29 heavy (non-hydrogen) atoms. The van der Waals surface area contributed by atoms with Crippen LogP contribution in [0.5, 0.6) is 0 Å². The predicted molar refractivity (Wildman–Crippen MR) is 111 cm³/mol. The highest BCUT2D eigenvalue weighted by Crippen LogP contribution is 2.40. The molecule has 0 spiro atoms. The van der Waals surface area contributed by atoms with Crippen molar-refractivity contribution in [3.63, 3.8) is 0 Å². The van der Waals surface area contributed by atoms with E-state index in [-0.39, 0.29) is 0 Å². The van der Waals surface area contributed by atoms with Crippen molar-refractivity contribution in [2.24, 2.45) is 0 Å². The minimum Gasteiger partial charge on any atom is -0.394 e. The van der Waals surface area contributed by atoms with E-state index in [1.165, 1.54) is 24.0 Å². The number of aliphatic hydroxyl groups is 3. The van der Waals surface area contributed by atoms with Gasteiger partial charge in [-0.15, -0.1) is 11.8 Å². The summed E-state index contributed by atoms with van der Waals surface area (Å²) in [4.78, 5) is 13.3. The first-order valence-corrected chi connectivity index (χ1v) is 11.2. The zero-order valence-corrected chi connectivity index (χ0v) is 17.1. The van der Waals surface area contributed by atoms with E-state index in [0.29, 0.717) is 5.56 Å². The minimum absolute atomic E-state index is 0.487. The van der Waals surface area contributed by atoms with Gasteiger partial charge in [0.15, 0.2) is 5.78 Å². The molecule has 1 saturated carbocycles. The van der Waals surface area contributed by atoms with Gasteiger partial charge in [-0.3, -0.25) is 4.79 Å². The Morgan fingerprint density at radius 3 is 2.34 bits per heavy atom. The van der Waals surface area contributed by atoms with Gasteiger partial charge in [0.2, 0.25) is 0 Å². The monoisotopic (exact) mass is 414 g/mol. The molecular weight excluding hydrogens is 388 g/mol. The molecule has 0 radical (unpaired) electrons. The third-order valence-corrected chi connectivity index (χ3v) is 6.62. The van der Waals surface area contributed by atoms with Crippen molar-refractivity contribution in [3.8, 4) is 0 Å². The van der Waals surface area contributed by atoms with Gasteiger partial charge >= 0.3 is 0 Å². The third-order valence-electron chi connectivity index (χ3n) is 5.78. The summed E-state index contributed by atoms with van der Waals surface area (Å²) in [5.74, 6) is 0.0119. The van der Waals surface area contributed by atoms with Crippen molar-refractivity contribution in [2.45, 2.75) is 54.5 Å². The van der Waals surface area contributed by atoms with Crippen molar-refractivity contribution >= 4 is 17.5 Å². The summed E-state index contributed by atoms with van der Waals surface area (Å²) in [5.41, 5.74) is 4.35. The highest BCUT2D eigenvalue weighted by atomic mass is 32.2. The molecule has 0 aromatic heterocycles. The predicted octanol–water partition coefficient (Wildman–Crippen LogP) is 2.60. The van der Waals surface area contributed by atoms with E-state index >= 15 is 0 Å². The van der Waals surface area contributed by atoms with Gasteiger partial charge in [0.1, 0.15) is 24.4 Å². The quantitative estimate of drug-likeness (QED) is 0.630. The number of rotatable bonds is 6. The van der Waals surface area contributed by atoms with Gasteiger partial charge in [-0.25, -0.2) is 0 Å². The van der Waals surface area contributed by atoms with Crippen molar-refractivity contribution in [2.75, 3.05) is 12.9 Å². The molecule has 1 aliphatic heterocycles. The van der Waals surface area contributed by atoms with Gasteiger partial charge in [-0.2, -0.15) is 0 Å². The van der Waals surface area contributed by atoms with E-state index in [9.17, 15) is 20.1 Å². The second kappa shape index (κ2) is 8.58. The number of carbonyl (C=O) groups excluding carboxylic acids is 1. The Morgan fingerprint density at radius 2 is 1.72 bits per heavy atom. The highest BCUT2D eigenvalue weighted by molar-refractivity contribution is 7.98. The van der Waals surface area contributed by atoms with Crippen LogP contribution in [-0.2, 0) is 16.0 Å². The van der Waals surface area contributed by atoms with E-state index in [4.69, 9.17) is 4.74 Å². The maximum atomic E-state index is 12.2. The van der Waals surface area contributed by atoms with Gasteiger partial charge < -0.3 is 20.1 Å². The minimum atomic E-state index is -1.51. The first kappa shape index (κ1) is 20.6. The average Bonchev–Trinajstić information content (AvgIpc) is 3.58. The SMILES string of the molecule is CSc1ccc([C@@H]2O[C@H](CO)[C@@H](O)C(=O)[C@H]2O)cc1Cc1ccc(C2CC2)cc1. The Balaban J connectivity index is 1.59. The maximum absolute atomic E-state index is 12.2. The van der Waals surface area contributed by atoms with Crippen LogP contribution in [0, 0.1) is 0 Å². The molecule has 1 saturated heterocycles. The standard InChI is InChI=1S/C23H26O5S/c1-29-19-9-8-16(23-22(27)21(26)20(25)18(12-24)28-23)11-17(19)10-13-2-4-14(5-3-13)15-6-7-15/h2-5,8-9,11,15,18,20,22-25,27H,6-7,10,12H2,1H3/t18-,20-,22-,23+/m1/s1. The lowest BCUT2D eigenvalue weighted by molar-refractivity contribution is -0.189.